The molecule has 4 fully saturated rings. The first kappa shape index (κ1) is 29.4. The summed E-state index contributed by atoms with van der Waals surface area (Å²) in [4.78, 5) is 37.1. The zero-order chi connectivity index (χ0) is 28.4. The van der Waals surface area contributed by atoms with E-state index in [1.807, 2.05) is 13.0 Å². The van der Waals surface area contributed by atoms with Gasteiger partial charge in [0.2, 0.25) is 12.7 Å². The smallest absolute Gasteiger partial charge is 0.482 e. The molecule has 1 amide bonds. The number of carbonyl (C=O) groups excluding carboxylic acids is 3. The molecule has 3 saturated carbocycles. The van der Waals surface area contributed by atoms with Gasteiger partial charge in [0.05, 0.1) is 24.8 Å². The van der Waals surface area contributed by atoms with Crippen LogP contribution in [0.2, 0.25) is 0 Å². The van der Waals surface area contributed by atoms with Crippen LogP contribution in [-0.4, -0.2) is 56.5 Å². The molecule has 5 rings (SSSR count). The molecule has 1 saturated heterocycles. The summed E-state index contributed by atoms with van der Waals surface area (Å²) in [6, 6.07) is 5.17. The van der Waals surface area contributed by atoms with Crippen molar-refractivity contribution in [3.63, 3.8) is 0 Å². The summed E-state index contributed by atoms with van der Waals surface area (Å²) < 4.78 is 29.0. The Morgan fingerprint density at radius 2 is 1.92 bits per heavy atom. The van der Waals surface area contributed by atoms with Gasteiger partial charge in [-0.2, -0.15) is 0 Å². The fraction of sp³-hybridized carbons (Fsp3) is 0.690. The van der Waals surface area contributed by atoms with Crippen molar-refractivity contribution in [2.24, 2.45) is 17.3 Å². The molecule has 4 aliphatic rings. The van der Waals surface area contributed by atoms with E-state index in [2.05, 4.69) is 26.1 Å². The highest BCUT2D eigenvalue weighted by Gasteiger charge is 2.68. The number of benzene rings is 1. The molecule has 3 aliphatic carbocycles. The van der Waals surface area contributed by atoms with Crippen molar-refractivity contribution in [2.45, 2.75) is 97.2 Å². The second-order valence-electron chi connectivity index (χ2n) is 11.7. The maximum Gasteiger partial charge on any atom is 0.482 e. The average Bonchev–Trinajstić information content (AvgIpc) is 3.28. The molecule has 39 heavy (non-hydrogen) atoms. The third kappa shape index (κ3) is 5.82. The van der Waals surface area contributed by atoms with Crippen molar-refractivity contribution in [1.82, 2.24) is 5.32 Å². The largest absolute Gasteiger partial charge is 0.496 e. The summed E-state index contributed by atoms with van der Waals surface area (Å²) in [5, 5.41) is 3.08. The van der Waals surface area contributed by atoms with Crippen molar-refractivity contribution in [2.75, 3.05) is 13.9 Å². The van der Waals surface area contributed by atoms with Gasteiger partial charge in [0.1, 0.15) is 11.3 Å². The van der Waals surface area contributed by atoms with E-state index < -0.39 is 37.4 Å². The maximum absolute atomic E-state index is 12.8. The van der Waals surface area contributed by atoms with Gasteiger partial charge in [-0.15, -0.1) is 0 Å². The molecule has 1 N–H and O–H groups in total. The minimum atomic E-state index is -0.667. The van der Waals surface area contributed by atoms with Crippen molar-refractivity contribution in [1.29, 1.82) is 0 Å². The number of methoxy groups -OCH3 is 1. The molecule has 1 aromatic carbocycles. The SMILES string of the molecule is CCCCC(=O)OCOC(=O)c1cccc(CC(NC(=O)CC)B2OC3CC4CC(C4(C)C)C3(C)O2)c1OC. The van der Waals surface area contributed by atoms with Gasteiger partial charge in [-0.25, -0.2) is 4.79 Å². The highest BCUT2D eigenvalue weighted by Crippen LogP contribution is 2.65. The Morgan fingerprint density at radius 1 is 1.15 bits per heavy atom. The van der Waals surface area contributed by atoms with Crippen LogP contribution in [0.25, 0.3) is 0 Å². The Bertz CT molecular complexity index is 1080. The summed E-state index contributed by atoms with van der Waals surface area (Å²) in [7, 11) is 0.849. The molecule has 0 radical (unpaired) electrons. The van der Waals surface area contributed by atoms with E-state index in [0.717, 1.165) is 19.3 Å². The van der Waals surface area contributed by atoms with E-state index in [-0.39, 0.29) is 29.4 Å². The Balaban J connectivity index is 1.49. The first-order valence-electron chi connectivity index (χ1n) is 14.2. The lowest BCUT2D eigenvalue weighted by atomic mass is 9.43. The molecule has 1 heterocycles. The molecular weight excluding hydrogens is 501 g/mol. The minimum Gasteiger partial charge on any atom is -0.496 e. The van der Waals surface area contributed by atoms with Crippen LogP contribution in [0.4, 0.5) is 0 Å². The minimum absolute atomic E-state index is 0.0245. The van der Waals surface area contributed by atoms with E-state index in [9.17, 15) is 14.4 Å². The van der Waals surface area contributed by atoms with Crippen molar-refractivity contribution in [3.8, 4) is 5.75 Å². The topological polar surface area (TPSA) is 109 Å². The Hall–Kier alpha value is -2.59. The molecule has 10 heteroatoms. The van der Waals surface area contributed by atoms with E-state index in [4.69, 9.17) is 23.5 Å². The zero-order valence-corrected chi connectivity index (χ0v) is 24.0. The van der Waals surface area contributed by atoms with Gasteiger partial charge in [-0.3, -0.25) is 9.59 Å². The number of hydrogen-bond acceptors (Lipinski definition) is 8. The van der Waals surface area contributed by atoms with E-state index in [1.54, 1.807) is 19.1 Å². The first-order chi connectivity index (χ1) is 18.5. The monoisotopic (exact) mass is 543 g/mol. The number of para-hydroxylation sites is 1. The molecule has 2 bridgehead atoms. The summed E-state index contributed by atoms with van der Waals surface area (Å²) in [6.45, 7) is 10.1. The number of esters is 2. The lowest BCUT2D eigenvalue weighted by Crippen LogP contribution is -2.65. The van der Waals surface area contributed by atoms with Gasteiger partial charge in [-0.05, 0) is 61.5 Å². The number of unbranched alkanes of at least 4 members (excludes halogenated alkanes) is 1. The van der Waals surface area contributed by atoms with Crippen molar-refractivity contribution >= 4 is 25.0 Å². The van der Waals surface area contributed by atoms with Crippen LogP contribution in [-0.2, 0) is 34.8 Å². The second kappa shape index (κ2) is 11.9. The Labute approximate surface area is 231 Å². The molecule has 5 unspecified atom stereocenters. The normalized spacial score (nSPS) is 27.1. The van der Waals surface area contributed by atoms with Crippen LogP contribution >= 0.6 is 0 Å². The van der Waals surface area contributed by atoms with Gasteiger partial charge in [0.15, 0.2) is 0 Å². The molecule has 0 spiro atoms. The Kier molecular flexibility index (Phi) is 8.96. The van der Waals surface area contributed by atoms with Gasteiger partial charge in [-0.1, -0.05) is 46.2 Å². The number of hydrogen-bond donors (Lipinski definition) is 1. The number of amides is 1. The van der Waals surface area contributed by atoms with E-state index >= 15 is 0 Å². The molecule has 0 aromatic heterocycles. The number of carbonyl (C=O) groups is 3. The number of ether oxygens (including phenoxy) is 3. The number of nitrogens with one attached hydrogen (secondary N) is 1. The van der Waals surface area contributed by atoms with Crippen LogP contribution in [0.15, 0.2) is 18.2 Å². The second-order valence-corrected chi connectivity index (χ2v) is 11.7. The molecule has 1 aliphatic heterocycles. The van der Waals surface area contributed by atoms with Gasteiger partial charge >= 0.3 is 19.1 Å². The third-order valence-corrected chi connectivity index (χ3v) is 9.07. The summed E-state index contributed by atoms with van der Waals surface area (Å²) in [6.07, 6.45) is 4.56. The molecular formula is C29H42BNO8. The highest BCUT2D eigenvalue weighted by atomic mass is 16.7. The molecule has 1 aromatic rings. The predicted octanol–water partition coefficient (Wildman–Crippen LogP) is 4.25. The molecule has 214 valence electrons. The summed E-state index contributed by atoms with van der Waals surface area (Å²) in [5.74, 6) is -0.339. The van der Waals surface area contributed by atoms with Crippen molar-refractivity contribution < 1.29 is 37.9 Å². The lowest BCUT2D eigenvalue weighted by molar-refractivity contribution is -0.199. The molecule has 9 nitrogen and oxygen atoms in total. The van der Waals surface area contributed by atoms with Crippen molar-refractivity contribution in [3.05, 3.63) is 29.3 Å². The fourth-order valence-electron chi connectivity index (χ4n) is 6.60. The first-order valence-corrected chi connectivity index (χ1v) is 14.2. The van der Waals surface area contributed by atoms with Crippen LogP contribution in [0.5, 0.6) is 5.75 Å². The van der Waals surface area contributed by atoms with Crippen LogP contribution in [0.1, 0.15) is 89.1 Å². The average molecular weight is 543 g/mol. The van der Waals surface area contributed by atoms with Crippen LogP contribution in [0, 0.1) is 17.3 Å². The Morgan fingerprint density at radius 3 is 2.59 bits per heavy atom. The number of rotatable bonds is 12. The van der Waals surface area contributed by atoms with Crippen LogP contribution in [0.3, 0.4) is 0 Å². The van der Waals surface area contributed by atoms with Crippen LogP contribution < -0.4 is 10.1 Å². The standard InChI is InChI=1S/C29H42BNO8/c1-7-9-13-25(33)36-17-37-27(34)20-12-10-11-18(26(20)35-6)14-23(31-24(32)8-2)30-38-22-16-19-15-21(28(19,3)4)29(22,5)39-30/h10-12,19,21-23H,7-9,13-17H2,1-6H3,(H,31,32). The highest BCUT2D eigenvalue weighted by molar-refractivity contribution is 6.48. The third-order valence-electron chi connectivity index (χ3n) is 9.07. The van der Waals surface area contributed by atoms with Gasteiger partial charge < -0.3 is 28.8 Å². The van der Waals surface area contributed by atoms with Gasteiger partial charge in [0.25, 0.3) is 0 Å². The zero-order valence-electron chi connectivity index (χ0n) is 24.0. The summed E-state index contributed by atoms with van der Waals surface area (Å²) in [5.41, 5.74) is 0.692. The summed E-state index contributed by atoms with van der Waals surface area (Å²) >= 11 is 0. The fourth-order valence-corrected chi connectivity index (χ4v) is 6.60. The quantitative estimate of drug-likeness (QED) is 0.237. The lowest BCUT2D eigenvalue weighted by Gasteiger charge is -2.64. The predicted molar refractivity (Wildman–Crippen MR) is 145 cm³/mol. The van der Waals surface area contributed by atoms with Gasteiger partial charge in [0, 0.05) is 12.8 Å². The van der Waals surface area contributed by atoms with E-state index in [0.29, 0.717) is 42.4 Å². The van der Waals surface area contributed by atoms with E-state index in [1.165, 1.54) is 7.11 Å². The maximum atomic E-state index is 12.8. The molecule has 5 atom stereocenters.